The fourth-order valence-corrected chi connectivity index (χ4v) is 4.08. The van der Waals surface area contributed by atoms with E-state index in [1.165, 1.54) is 18.4 Å². The van der Waals surface area contributed by atoms with Gasteiger partial charge in [-0.3, -0.25) is 4.99 Å². The third-order valence-electron chi connectivity index (χ3n) is 5.69. The first kappa shape index (κ1) is 22.7. The molecule has 0 saturated carbocycles. The van der Waals surface area contributed by atoms with Gasteiger partial charge in [-0.25, -0.2) is 4.98 Å². The molecule has 30 heavy (non-hydrogen) atoms. The zero-order valence-corrected chi connectivity index (χ0v) is 20.0. The summed E-state index contributed by atoms with van der Waals surface area (Å²) in [6, 6.07) is 14.4. The number of aromatic nitrogens is 1. The summed E-state index contributed by atoms with van der Waals surface area (Å²) in [7, 11) is 1.86. The van der Waals surface area contributed by atoms with Crippen molar-refractivity contribution in [1.82, 2.24) is 15.2 Å². The van der Waals surface area contributed by atoms with E-state index in [4.69, 9.17) is 4.74 Å². The van der Waals surface area contributed by atoms with Crippen molar-refractivity contribution in [3.63, 3.8) is 0 Å². The van der Waals surface area contributed by atoms with Gasteiger partial charge in [0.1, 0.15) is 17.7 Å². The Labute approximate surface area is 196 Å². The summed E-state index contributed by atoms with van der Waals surface area (Å²) in [5.41, 5.74) is 1.24. The Kier molecular flexibility index (Phi) is 8.60. The van der Waals surface area contributed by atoms with Crippen LogP contribution in [0.25, 0.3) is 0 Å². The SMILES string of the molecule is CN=C(NCc1ccnc(N2CCCC2)c1)N1CCC(Oc2ccccc2)CC1.I. The van der Waals surface area contributed by atoms with Gasteiger partial charge >= 0.3 is 0 Å². The van der Waals surface area contributed by atoms with Crippen LogP contribution < -0.4 is 15.0 Å². The minimum Gasteiger partial charge on any atom is -0.490 e. The van der Waals surface area contributed by atoms with Crippen LogP contribution in [-0.2, 0) is 6.54 Å². The van der Waals surface area contributed by atoms with Crippen molar-refractivity contribution in [3.8, 4) is 5.75 Å². The summed E-state index contributed by atoms with van der Waals surface area (Å²) >= 11 is 0. The quantitative estimate of drug-likeness (QED) is 0.368. The number of rotatable bonds is 5. The van der Waals surface area contributed by atoms with E-state index in [2.05, 4.69) is 37.2 Å². The molecule has 0 aliphatic carbocycles. The molecule has 2 aliphatic rings. The fraction of sp³-hybridized carbons (Fsp3) is 0.478. The first-order chi connectivity index (χ1) is 14.3. The van der Waals surface area contributed by atoms with Crippen LogP contribution in [0.5, 0.6) is 5.75 Å². The maximum atomic E-state index is 6.11. The number of para-hydroxylation sites is 1. The molecular weight excluding hydrogens is 489 g/mol. The Bertz CT molecular complexity index is 802. The predicted molar refractivity (Wildman–Crippen MR) is 133 cm³/mol. The van der Waals surface area contributed by atoms with Crippen molar-refractivity contribution in [2.45, 2.75) is 38.3 Å². The van der Waals surface area contributed by atoms with Crippen LogP contribution >= 0.6 is 24.0 Å². The maximum Gasteiger partial charge on any atom is 0.193 e. The Balaban J connectivity index is 0.00000256. The third kappa shape index (κ3) is 6.00. The minimum absolute atomic E-state index is 0. The van der Waals surface area contributed by atoms with Crippen LogP contribution in [0.3, 0.4) is 0 Å². The number of nitrogens with one attached hydrogen (secondary N) is 1. The molecule has 162 valence electrons. The summed E-state index contributed by atoms with van der Waals surface area (Å²) in [5.74, 6) is 3.01. The van der Waals surface area contributed by atoms with E-state index < -0.39 is 0 Å². The van der Waals surface area contributed by atoms with E-state index in [9.17, 15) is 0 Å². The van der Waals surface area contributed by atoms with Crippen LogP contribution in [0.1, 0.15) is 31.2 Å². The Morgan fingerprint density at radius 1 is 1.10 bits per heavy atom. The molecule has 0 unspecified atom stereocenters. The molecule has 2 aliphatic heterocycles. The molecule has 3 heterocycles. The first-order valence-electron chi connectivity index (χ1n) is 10.7. The number of nitrogens with zero attached hydrogens (tertiary/aromatic N) is 4. The lowest BCUT2D eigenvalue weighted by Crippen LogP contribution is -2.47. The number of ether oxygens (including phenoxy) is 1. The van der Waals surface area contributed by atoms with Crippen LogP contribution in [0.2, 0.25) is 0 Å². The van der Waals surface area contributed by atoms with Crippen molar-refractivity contribution in [2.24, 2.45) is 4.99 Å². The minimum atomic E-state index is 0. The number of piperidine rings is 1. The van der Waals surface area contributed by atoms with Gasteiger partial charge < -0.3 is 19.9 Å². The number of hydrogen-bond donors (Lipinski definition) is 1. The van der Waals surface area contributed by atoms with Crippen LogP contribution in [0.4, 0.5) is 5.82 Å². The molecule has 4 rings (SSSR count). The van der Waals surface area contributed by atoms with Crippen molar-refractivity contribution < 1.29 is 4.74 Å². The Morgan fingerprint density at radius 3 is 2.53 bits per heavy atom. The topological polar surface area (TPSA) is 53.0 Å². The Hall–Kier alpha value is -2.03. The zero-order chi connectivity index (χ0) is 19.9. The van der Waals surface area contributed by atoms with Crippen LogP contribution in [0.15, 0.2) is 53.7 Å². The van der Waals surface area contributed by atoms with E-state index in [0.717, 1.165) is 63.1 Å². The number of aliphatic imine (C=N–C) groups is 1. The number of guanidine groups is 1. The molecular formula is C23H32IN5O. The van der Waals surface area contributed by atoms with E-state index in [1.54, 1.807) is 0 Å². The summed E-state index contributed by atoms with van der Waals surface area (Å²) in [4.78, 5) is 13.7. The zero-order valence-electron chi connectivity index (χ0n) is 17.7. The van der Waals surface area contributed by atoms with E-state index in [0.29, 0.717) is 0 Å². The van der Waals surface area contributed by atoms with Crippen LogP contribution in [-0.4, -0.2) is 55.2 Å². The van der Waals surface area contributed by atoms with Gasteiger partial charge in [-0.2, -0.15) is 0 Å². The Morgan fingerprint density at radius 2 is 1.83 bits per heavy atom. The fourth-order valence-electron chi connectivity index (χ4n) is 4.08. The van der Waals surface area contributed by atoms with Gasteiger partial charge in [0.05, 0.1) is 0 Å². The van der Waals surface area contributed by atoms with E-state index in [-0.39, 0.29) is 30.1 Å². The average Bonchev–Trinajstić information content (AvgIpc) is 3.31. The largest absolute Gasteiger partial charge is 0.490 e. The second-order valence-electron chi connectivity index (χ2n) is 7.73. The number of pyridine rings is 1. The molecule has 2 saturated heterocycles. The molecule has 7 heteroatoms. The molecule has 0 radical (unpaired) electrons. The normalized spacial score (nSPS) is 17.6. The molecule has 1 aromatic carbocycles. The molecule has 0 amide bonds. The molecule has 1 aromatic heterocycles. The maximum absolute atomic E-state index is 6.11. The molecule has 0 bridgehead atoms. The highest BCUT2D eigenvalue weighted by Crippen LogP contribution is 2.20. The smallest absolute Gasteiger partial charge is 0.193 e. The lowest BCUT2D eigenvalue weighted by atomic mass is 10.1. The summed E-state index contributed by atoms with van der Waals surface area (Å²) < 4.78 is 6.11. The monoisotopic (exact) mass is 521 g/mol. The lowest BCUT2D eigenvalue weighted by Gasteiger charge is -2.34. The van der Waals surface area contributed by atoms with E-state index in [1.807, 2.05) is 43.6 Å². The third-order valence-corrected chi connectivity index (χ3v) is 5.69. The van der Waals surface area contributed by atoms with Crippen molar-refractivity contribution in [1.29, 1.82) is 0 Å². The molecule has 2 aromatic rings. The van der Waals surface area contributed by atoms with Gasteiger partial charge in [-0.15, -0.1) is 24.0 Å². The van der Waals surface area contributed by atoms with Crippen molar-refractivity contribution in [3.05, 3.63) is 54.2 Å². The number of likely N-dealkylation sites (tertiary alicyclic amines) is 1. The average molecular weight is 521 g/mol. The molecule has 0 spiro atoms. The number of anilines is 1. The first-order valence-corrected chi connectivity index (χ1v) is 10.7. The van der Waals surface area contributed by atoms with Gasteiger partial charge in [-0.05, 0) is 42.7 Å². The highest BCUT2D eigenvalue weighted by Gasteiger charge is 2.22. The highest BCUT2D eigenvalue weighted by molar-refractivity contribution is 14.0. The molecule has 0 atom stereocenters. The van der Waals surface area contributed by atoms with Crippen LogP contribution in [0, 0.1) is 0 Å². The second kappa shape index (κ2) is 11.4. The number of benzene rings is 1. The van der Waals surface area contributed by atoms with Crippen molar-refractivity contribution in [2.75, 3.05) is 38.1 Å². The van der Waals surface area contributed by atoms with Gasteiger partial charge in [-0.1, -0.05) is 18.2 Å². The second-order valence-corrected chi connectivity index (χ2v) is 7.73. The van der Waals surface area contributed by atoms with Crippen molar-refractivity contribution >= 4 is 35.8 Å². The van der Waals surface area contributed by atoms with Gasteiger partial charge in [0.15, 0.2) is 5.96 Å². The highest BCUT2D eigenvalue weighted by atomic mass is 127. The molecule has 6 nitrogen and oxygen atoms in total. The number of halogens is 1. The van der Waals surface area contributed by atoms with Gasteiger partial charge in [0.25, 0.3) is 0 Å². The summed E-state index contributed by atoms with van der Waals surface area (Å²) in [6.45, 7) is 4.90. The lowest BCUT2D eigenvalue weighted by molar-refractivity contribution is 0.129. The molecule has 1 N–H and O–H groups in total. The summed E-state index contributed by atoms with van der Waals surface area (Å²) in [5, 5.41) is 3.53. The number of hydrogen-bond acceptors (Lipinski definition) is 4. The predicted octanol–water partition coefficient (Wildman–Crippen LogP) is 3.92. The van der Waals surface area contributed by atoms with Gasteiger partial charge in [0, 0.05) is 58.8 Å². The molecule has 2 fully saturated rings. The summed E-state index contributed by atoms with van der Waals surface area (Å²) in [6.07, 6.45) is 6.73. The van der Waals surface area contributed by atoms with E-state index >= 15 is 0 Å². The van der Waals surface area contributed by atoms with Gasteiger partial charge in [0.2, 0.25) is 0 Å². The standard InChI is InChI=1S/C23H31N5O.HI/c1-24-23(26-18-19-9-12-25-22(17-19)27-13-5-6-14-27)28-15-10-21(11-16-28)29-20-7-3-2-4-8-20;/h2-4,7-9,12,17,21H,5-6,10-11,13-16,18H2,1H3,(H,24,26);1H.